The highest BCUT2D eigenvalue weighted by molar-refractivity contribution is 6.26. The molecular formula is C32H32F2N2O8. The van der Waals surface area contributed by atoms with Crippen molar-refractivity contribution in [1.29, 1.82) is 0 Å². The number of carbonyl (C=O) groups is 3. The number of aromatic hydroxyl groups is 1. The average molecular weight is 611 g/mol. The lowest BCUT2D eigenvalue weighted by Crippen LogP contribution is -2.78. The molecule has 44 heavy (non-hydrogen) atoms. The van der Waals surface area contributed by atoms with Crippen LogP contribution in [0, 0.1) is 10.8 Å². The molecule has 1 amide bonds. The topological polar surface area (TPSA) is 182 Å². The van der Waals surface area contributed by atoms with Crippen molar-refractivity contribution in [3.05, 3.63) is 81.6 Å². The molecule has 5 atom stereocenters. The molecule has 0 unspecified atom stereocenters. The Bertz CT molecular complexity index is 1740. The average Bonchev–Trinajstić information content (AvgIpc) is 2.92. The molecule has 1 saturated carbocycles. The van der Waals surface area contributed by atoms with Crippen molar-refractivity contribution in [2.45, 2.75) is 44.4 Å². The highest BCUT2D eigenvalue weighted by atomic mass is 19.3. The molecule has 232 valence electrons. The van der Waals surface area contributed by atoms with Gasteiger partial charge in [0.2, 0.25) is 5.78 Å². The summed E-state index contributed by atoms with van der Waals surface area (Å²) in [6, 6.07) is 7.79. The van der Waals surface area contributed by atoms with Crippen LogP contribution in [-0.2, 0) is 20.3 Å². The van der Waals surface area contributed by atoms with E-state index in [1.54, 1.807) is 0 Å². The van der Waals surface area contributed by atoms with Crippen LogP contribution in [0.15, 0.2) is 59.4 Å². The van der Waals surface area contributed by atoms with E-state index in [2.05, 4.69) is 0 Å². The minimum absolute atomic E-state index is 0.130. The van der Waals surface area contributed by atoms with Crippen LogP contribution in [0.4, 0.5) is 8.78 Å². The van der Waals surface area contributed by atoms with E-state index < -0.39 is 80.4 Å². The zero-order valence-corrected chi connectivity index (χ0v) is 24.5. The molecule has 2 aromatic carbocycles. The van der Waals surface area contributed by atoms with Gasteiger partial charge in [0, 0.05) is 12.5 Å². The van der Waals surface area contributed by atoms with Crippen LogP contribution in [0.3, 0.4) is 0 Å². The van der Waals surface area contributed by atoms with Gasteiger partial charge in [0.05, 0.1) is 34.1 Å². The molecule has 2 aromatic rings. The van der Waals surface area contributed by atoms with Gasteiger partial charge in [-0.15, -0.1) is 0 Å². The highest BCUT2D eigenvalue weighted by Crippen LogP contribution is 2.66. The van der Waals surface area contributed by atoms with Gasteiger partial charge in [-0.2, -0.15) is 0 Å². The molecule has 12 heteroatoms. The highest BCUT2D eigenvalue weighted by Gasteiger charge is 2.77. The van der Waals surface area contributed by atoms with Crippen LogP contribution in [0.2, 0.25) is 0 Å². The third-order valence-electron chi connectivity index (χ3n) is 9.47. The number of hydrogen-bond acceptors (Lipinski definition) is 9. The number of nitrogens with zero attached hydrogens (tertiary/aromatic N) is 1. The van der Waals surface area contributed by atoms with E-state index in [9.17, 15) is 48.7 Å². The Hall–Kier alpha value is -4.39. The van der Waals surface area contributed by atoms with Crippen LogP contribution in [0.1, 0.15) is 43.0 Å². The maximum absolute atomic E-state index is 14.6. The van der Waals surface area contributed by atoms with Crippen LogP contribution < -0.4 is 5.73 Å². The van der Waals surface area contributed by atoms with E-state index in [1.807, 2.05) is 0 Å². The third-order valence-corrected chi connectivity index (χ3v) is 9.47. The fraction of sp³-hybridized carbons (Fsp3) is 0.344. The second-order valence-electron chi connectivity index (χ2n) is 12.2. The normalized spacial score (nSPS) is 31.3. The molecule has 0 heterocycles. The Kier molecular flexibility index (Phi) is 6.74. The first kappa shape index (κ1) is 31.0. The van der Waals surface area contributed by atoms with E-state index >= 15 is 0 Å². The van der Waals surface area contributed by atoms with Crippen molar-refractivity contribution in [3.63, 3.8) is 0 Å². The molecule has 0 aliphatic heterocycles. The molecule has 0 saturated heterocycles. The van der Waals surface area contributed by atoms with Crippen LogP contribution in [0.25, 0.3) is 17.4 Å². The molecule has 3 aliphatic carbocycles. The van der Waals surface area contributed by atoms with E-state index in [-0.39, 0.29) is 22.3 Å². The Morgan fingerprint density at radius 3 is 2.16 bits per heavy atom. The number of hydrogen-bond donors (Lipinski definition) is 6. The van der Waals surface area contributed by atoms with Crippen molar-refractivity contribution in [3.8, 4) is 5.75 Å². The fourth-order valence-corrected chi connectivity index (χ4v) is 7.34. The van der Waals surface area contributed by atoms with Gasteiger partial charge in [0.1, 0.15) is 22.8 Å². The summed E-state index contributed by atoms with van der Waals surface area (Å²) in [7, 11) is 2.82. The van der Waals surface area contributed by atoms with Crippen molar-refractivity contribution in [2.24, 2.45) is 16.6 Å². The molecule has 0 radical (unpaired) electrons. The number of halogens is 2. The summed E-state index contributed by atoms with van der Waals surface area (Å²) < 4.78 is 27.9. The quantitative estimate of drug-likeness (QED) is 0.284. The van der Waals surface area contributed by atoms with Gasteiger partial charge < -0.3 is 31.3 Å². The smallest absolute Gasteiger partial charge is 0.270 e. The van der Waals surface area contributed by atoms with E-state index in [0.717, 1.165) is 6.92 Å². The van der Waals surface area contributed by atoms with Gasteiger partial charge in [0.15, 0.2) is 11.4 Å². The summed E-state index contributed by atoms with van der Waals surface area (Å²) in [6.07, 6.45) is -0.476. The van der Waals surface area contributed by atoms with Crippen molar-refractivity contribution < 1.29 is 48.7 Å². The number of amides is 1. The summed E-state index contributed by atoms with van der Waals surface area (Å²) in [5.41, 5.74) is -3.48. The zero-order valence-electron chi connectivity index (χ0n) is 24.5. The van der Waals surface area contributed by atoms with Crippen molar-refractivity contribution in [1.82, 2.24) is 4.90 Å². The molecule has 0 aromatic heterocycles. The van der Waals surface area contributed by atoms with Crippen LogP contribution in [0.5, 0.6) is 5.75 Å². The van der Waals surface area contributed by atoms with Gasteiger partial charge in [-0.05, 0) is 43.8 Å². The second-order valence-corrected chi connectivity index (χ2v) is 12.2. The first-order valence-electron chi connectivity index (χ1n) is 13.6. The lowest BCUT2D eigenvalue weighted by Gasteiger charge is -2.62. The number of likely N-dealkylation sites (N-methyl/N-ethyl adjacent to an activating group) is 1. The molecule has 7 N–H and O–H groups in total. The van der Waals surface area contributed by atoms with Gasteiger partial charge in [-0.3, -0.25) is 19.3 Å². The van der Waals surface area contributed by atoms with Gasteiger partial charge >= 0.3 is 0 Å². The maximum atomic E-state index is 14.6. The Labute approximate surface area is 251 Å². The zero-order chi connectivity index (χ0) is 32.9. The summed E-state index contributed by atoms with van der Waals surface area (Å²) in [5, 5.41) is 58.2. The number of carbonyl (C=O) groups excluding carboxylic acids is 3. The number of nitrogens with two attached hydrogens (primary N) is 1. The molecule has 3 aliphatic rings. The molecule has 10 nitrogen and oxygen atoms in total. The number of alkyl halides is 2. The number of phenolic OH excluding ortho intramolecular Hbond substituents is 1. The summed E-state index contributed by atoms with van der Waals surface area (Å²) in [5.74, 6) is -9.58. The predicted molar refractivity (Wildman–Crippen MR) is 155 cm³/mol. The number of fused-ring (bicyclic) bond motifs is 3. The second kappa shape index (κ2) is 9.55. The largest absolute Gasteiger partial charge is 0.508 e. The van der Waals surface area contributed by atoms with Crippen LogP contribution >= 0.6 is 0 Å². The summed E-state index contributed by atoms with van der Waals surface area (Å²) in [4.78, 5) is 41.8. The molecule has 0 spiro atoms. The predicted octanol–water partition coefficient (Wildman–Crippen LogP) is 2.82. The number of rotatable bonds is 4. The first-order valence-corrected chi connectivity index (χ1v) is 13.6. The molecular weight excluding hydrogens is 578 g/mol. The van der Waals surface area contributed by atoms with Gasteiger partial charge in [-0.25, -0.2) is 8.78 Å². The summed E-state index contributed by atoms with van der Waals surface area (Å²) >= 11 is 0. The number of primary amides is 1. The van der Waals surface area contributed by atoms with Gasteiger partial charge in [0.25, 0.3) is 11.8 Å². The van der Waals surface area contributed by atoms with Crippen molar-refractivity contribution >= 4 is 34.9 Å². The van der Waals surface area contributed by atoms with E-state index in [0.29, 0.717) is 5.56 Å². The standard InChI is InChI=1S/C32H32F2N2O8/c1-29-17(13-14-9-11-15(12-10-14)31(3,33)34)16-7-6-8-18(37)19(16)22(38)21(29)26(41)32(44)25(40)20(27(35)42)23(39)24(36(4)5)30(32,2)28(29)43/h6-13,24,28,37-38,40,43-44H,1-5H3,(H2,35,42)/b17-13+/t24-,28+,29-,30-,32-/m1/s1. The number of phenols is 1. The molecule has 1 fully saturated rings. The van der Waals surface area contributed by atoms with Crippen LogP contribution in [-0.4, -0.2) is 79.7 Å². The lowest BCUT2D eigenvalue weighted by molar-refractivity contribution is -0.203. The van der Waals surface area contributed by atoms with E-state index in [1.165, 1.54) is 81.4 Å². The first-order chi connectivity index (χ1) is 20.3. The number of aliphatic hydroxyl groups excluding tert-OH is 3. The monoisotopic (exact) mass is 610 g/mol. The Morgan fingerprint density at radius 2 is 1.64 bits per heavy atom. The Balaban J connectivity index is 1.91. The number of aliphatic hydroxyl groups is 4. The van der Waals surface area contributed by atoms with Crippen molar-refractivity contribution in [2.75, 3.05) is 14.1 Å². The number of benzene rings is 2. The Morgan fingerprint density at radius 1 is 1.05 bits per heavy atom. The number of Topliss-reactive ketones (excluding diaryl/α,β-unsaturated/α-hetero) is 2. The summed E-state index contributed by atoms with van der Waals surface area (Å²) in [6.45, 7) is 3.34. The minimum atomic E-state index is -3.15. The van der Waals surface area contributed by atoms with Gasteiger partial charge in [-0.1, -0.05) is 49.4 Å². The SMILES string of the molecule is CN(C)[C@@H]1C(=O)C(C(N)=O)=C(O)[C@@]2(O)C(=O)C3=C(O)c4c(O)cccc4/C(=C\c4ccc(C(C)(F)F)cc4)[C@@]3(C)[C@H](O)[C@@]12C. The lowest BCUT2D eigenvalue weighted by atomic mass is 9.43. The molecule has 0 bridgehead atoms. The fourth-order valence-electron chi connectivity index (χ4n) is 7.34. The third kappa shape index (κ3) is 3.71. The van der Waals surface area contributed by atoms with E-state index in [4.69, 9.17) is 5.73 Å². The molecule has 5 rings (SSSR count). The number of ketones is 2. The maximum Gasteiger partial charge on any atom is 0.270 e. The minimum Gasteiger partial charge on any atom is -0.508 e.